The monoisotopic (exact) mass is 391 g/mol. The number of benzene rings is 3. The van der Waals surface area contributed by atoms with Crippen LogP contribution in [0, 0.1) is 5.41 Å². The van der Waals surface area contributed by atoms with E-state index < -0.39 is 17.9 Å². The second-order valence-corrected chi connectivity index (χ2v) is 6.50. The number of carbonyl (C=O) groups excluding carboxylic acids is 2. The average Bonchev–Trinajstić information content (AvgIpc) is 2.73. The molecule has 0 saturated heterocycles. The Morgan fingerprint density at radius 2 is 1.39 bits per heavy atom. The summed E-state index contributed by atoms with van der Waals surface area (Å²) in [5.41, 5.74) is 1.48. The number of rotatable bonds is 5. The Balaban J connectivity index is 1.82. The lowest BCUT2D eigenvalue weighted by atomic mass is 10.0. The van der Waals surface area contributed by atoms with Crippen LogP contribution in [0.3, 0.4) is 0 Å². The SMILES string of the molecule is N=C(NC(=O)c1ccccc1)C(NC(=O)c1cccc(Cl)c1)c1ccccc1. The van der Waals surface area contributed by atoms with Gasteiger partial charge >= 0.3 is 0 Å². The Bertz CT molecular complexity index is 991. The summed E-state index contributed by atoms with van der Waals surface area (Å²) in [4.78, 5) is 25.1. The van der Waals surface area contributed by atoms with Crippen molar-refractivity contribution in [3.05, 3.63) is 107 Å². The quantitative estimate of drug-likeness (QED) is 0.449. The zero-order valence-corrected chi connectivity index (χ0v) is 15.6. The molecule has 28 heavy (non-hydrogen) atoms. The number of hydrogen-bond acceptors (Lipinski definition) is 3. The molecule has 0 aliphatic carbocycles. The molecule has 1 atom stereocenters. The highest BCUT2D eigenvalue weighted by Crippen LogP contribution is 2.16. The molecule has 0 heterocycles. The Hall–Kier alpha value is -3.44. The summed E-state index contributed by atoms with van der Waals surface area (Å²) in [6, 6.07) is 23.3. The fourth-order valence-corrected chi connectivity index (χ4v) is 2.86. The van der Waals surface area contributed by atoms with Crippen LogP contribution in [0.5, 0.6) is 0 Å². The van der Waals surface area contributed by atoms with E-state index in [0.29, 0.717) is 21.7 Å². The molecule has 0 aromatic heterocycles. The predicted molar refractivity (Wildman–Crippen MR) is 110 cm³/mol. The molecule has 2 amide bonds. The van der Waals surface area contributed by atoms with Gasteiger partial charge in [-0.1, -0.05) is 66.2 Å². The van der Waals surface area contributed by atoms with Crippen molar-refractivity contribution in [1.82, 2.24) is 10.6 Å². The Kier molecular flexibility index (Phi) is 6.19. The van der Waals surface area contributed by atoms with Crippen molar-refractivity contribution in [2.24, 2.45) is 0 Å². The van der Waals surface area contributed by atoms with Crippen LogP contribution in [0.25, 0.3) is 0 Å². The molecule has 0 fully saturated rings. The molecular weight excluding hydrogens is 374 g/mol. The van der Waals surface area contributed by atoms with Crippen LogP contribution >= 0.6 is 11.6 Å². The largest absolute Gasteiger partial charge is 0.338 e. The molecule has 3 N–H and O–H groups in total. The van der Waals surface area contributed by atoms with Crippen molar-refractivity contribution in [1.29, 1.82) is 5.41 Å². The molecule has 3 rings (SSSR count). The Morgan fingerprint density at radius 3 is 2.04 bits per heavy atom. The third-order valence-corrected chi connectivity index (χ3v) is 4.30. The average molecular weight is 392 g/mol. The zero-order valence-electron chi connectivity index (χ0n) is 14.9. The third kappa shape index (κ3) is 4.84. The van der Waals surface area contributed by atoms with Gasteiger partial charge in [-0.25, -0.2) is 0 Å². The number of amidine groups is 1. The molecule has 0 aliphatic rings. The van der Waals surface area contributed by atoms with Crippen LogP contribution in [0.2, 0.25) is 5.02 Å². The maximum atomic E-state index is 12.7. The third-order valence-electron chi connectivity index (χ3n) is 4.07. The van der Waals surface area contributed by atoms with Crippen LogP contribution in [0.1, 0.15) is 32.3 Å². The molecule has 1 unspecified atom stereocenters. The predicted octanol–water partition coefficient (Wildman–Crippen LogP) is 4.22. The van der Waals surface area contributed by atoms with Gasteiger partial charge in [0.15, 0.2) is 0 Å². The van der Waals surface area contributed by atoms with E-state index in [1.807, 2.05) is 6.07 Å². The van der Waals surface area contributed by atoms with Crippen LogP contribution in [-0.4, -0.2) is 17.6 Å². The molecule has 3 aromatic rings. The first-order chi connectivity index (χ1) is 13.5. The molecule has 6 heteroatoms. The lowest BCUT2D eigenvalue weighted by molar-refractivity contribution is 0.0936. The van der Waals surface area contributed by atoms with E-state index in [2.05, 4.69) is 10.6 Å². The number of nitrogens with one attached hydrogen (secondary N) is 3. The van der Waals surface area contributed by atoms with E-state index in [4.69, 9.17) is 17.0 Å². The lowest BCUT2D eigenvalue weighted by Gasteiger charge is -2.21. The standard InChI is InChI=1S/C22H18ClN3O2/c23-18-13-7-12-17(14-18)22(28)25-19(15-8-3-1-4-9-15)20(24)26-21(27)16-10-5-2-6-11-16/h1-14,19H,(H,25,28)(H2,24,26,27). The number of amides is 2. The zero-order chi connectivity index (χ0) is 19.9. The molecule has 0 bridgehead atoms. The fraction of sp³-hybridized carbons (Fsp3) is 0.0455. The number of carbonyl (C=O) groups is 2. The maximum absolute atomic E-state index is 12.7. The van der Waals surface area contributed by atoms with Crippen LogP contribution in [-0.2, 0) is 0 Å². The molecular formula is C22H18ClN3O2. The summed E-state index contributed by atoms with van der Waals surface area (Å²) < 4.78 is 0. The van der Waals surface area contributed by atoms with Crippen molar-refractivity contribution in [3.63, 3.8) is 0 Å². The van der Waals surface area contributed by atoms with Crippen molar-refractivity contribution in [2.45, 2.75) is 6.04 Å². The first-order valence-corrected chi connectivity index (χ1v) is 8.98. The highest BCUT2D eigenvalue weighted by atomic mass is 35.5. The summed E-state index contributed by atoms with van der Waals surface area (Å²) in [7, 11) is 0. The van der Waals surface area contributed by atoms with Gasteiger partial charge in [0.2, 0.25) is 0 Å². The number of hydrogen-bond donors (Lipinski definition) is 3. The van der Waals surface area contributed by atoms with Crippen molar-refractivity contribution < 1.29 is 9.59 Å². The molecule has 140 valence electrons. The van der Waals surface area contributed by atoms with Crippen molar-refractivity contribution in [2.75, 3.05) is 0 Å². The molecule has 0 saturated carbocycles. The molecule has 0 radical (unpaired) electrons. The number of halogens is 1. The van der Waals surface area contributed by atoms with Crippen molar-refractivity contribution >= 4 is 29.3 Å². The minimum atomic E-state index is -0.819. The summed E-state index contributed by atoms with van der Waals surface area (Å²) in [6.07, 6.45) is 0. The smallest absolute Gasteiger partial charge is 0.256 e. The lowest BCUT2D eigenvalue weighted by Crippen LogP contribution is -2.42. The van der Waals surface area contributed by atoms with E-state index in [1.165, 1.54) is 0 Å². The molecule has 0 spiro atoms. The highest BCUT2D eigenvalue weighted by Gasteiger charge is 2.22. The minimum Gasteiger partial charge on any atom is -0.338 e. The van der Waals surface area contributed by atoms with E-state index in [1.54, 1.807) is 78.9 Å². The van der Waals surface area contributed by atoms with Gasteiger partial charge in [0.05, 0.1) is 0 Å². The van der Waals surface area contributed by atoms with Gasteiger partial charge in [-0.15, -0.1) is 0 Å². The van der Waals surface area contributed by atoms with Gasteiger partial charge in [-0.05, 0) is 35.9 Å². The van der Waals surface area contributed by atoms with Crippen LogP contribution in [0.15, 0.2) is 84.9 Å². The van der Waals surface area contributed by atoms with Gasteiger partial charge in [0.25, 0.3) is 11.8 Å². The highest BCUT2D eigenvalue weighted by molar-refractivity contribution is 6.31. The second-order valence-electron chi connectivity index (χ2n) is 6.06. The van der Waals surface area contributed by atoms with E-state index in [-0.39, 0.29) is 5.84 Å². The van der Waals surface area contributed by atoms with Gasteiger partial charge in [0.1, 0.15) is 11.9 Å². The minimum absolute atomic E-state index is 0.129. The molecule has 3 aromatic carbocycles. The van der Waals surface area contributed by atoms with Gasteiger partial charge in [-0.3, -0.25) is 15.0 Å². The van der Waals surface area contributed by atoms with Gasteiger partial charge in [-0.2, -0.15) is 0 Å². The molecule has 0 aliphatic heterocycles. The topological polar surface area (TPSA) is 82.1 Å². The Morgan fingerprint density at radius 1 is 0.786 bits per heavy atom. The summed E-state index contributed by atoms with van der Waals surface area (Å²) in [5, 5.41) is 14.2. The van der Waals surface area contributed by atoms with E-state index in [9.17, 15) is 9.59 Å². The van der Waals surface area contributed by atoms with Crippen LogP contribution in [0.4, 0.5) is 0 Å². The molecule has 5 nitrogen and oxygen atoms in total. The van der Waals surface area contributed by atoms with Gasteiger partial charge in [0, 0.05) is 16.1 Å². The van der Waals surface area contributed by atoms with Crippen molar-refractivity contribution in [3.8, 4) is 0 Å². The van der Waals surface area contributed by atoms with Gasteiger partial charge < -0.3 is 10.6 Å². The fourth-order valence-electron chi connectivity index (χ4n) is 2.67. The summed E-state index contributed by atoms with van der Waals surface area (Å²) >= 11 is 5.96. The van der Waals surface area contributed by atoms with E-state index >= 15 is 0 Å². The first kappa shape index (κ1) is 19.3. The second kappa shape index (κ2) is 8.97. The van der Waals surface area contributed by atoms with E-state index in [0.717, 1.165) is 0 Å². The Labute approximate surface area is 167 Å². The summed E-state index contributed by atoms with van der Waals surface area (Å²) in [6.45, 7) is 0. The normalized spacial score (nSPS) is 11.3. The summed E-state index contributed by atoms with van der Waals surface area (Å²) in [5.74, 6) is -0.936. The first-order valence-electron chi connectivity index (χ1n) is 8.61. The maximum Gasteiger partial charge on any atom is 0.256 e. The van der Waals surface area contributed by atoms with Crippen LogP contribution < -0.4 is 10.6 Å².